The van der Waals surface area contributed by atoms with Crippen molar-refractivity contribution in [2.45, 2.75) is 25.3 Å². The molecule has 0 aliphatic carbocycles. The second-order valence-corrected chi connectivity index (χ2v) is 7.84. The fourth-order valence-electron chi connectivity index (χ4n) is 3.34. The van der Waals surface area contributed by atoms with E-state index in [0.717, 1.165) is 12.1 Å². The van der Waals surface area contributed by atoms with Crippen LogP contribution >= 0.6 is 15.9 Å². The van der Waals surface area contributed by atoms with E-state index < -0.39 is 35.6 Å². The van der Waals surface area contributed by atoms with Crippen molar-refractivity contribution in [2.24, 2.45) is 0 Å². The highest BCUT2D eigenvalue weighted by Crippen LogP contribution is 2.37. The minimum absolute atomic E-state index is 0.0424. The largest absolute Gasteiger partial charge is 0.419 e. The summed E-state index contributed by atoms with van der Waals surface area (Å²) in [5, 5.41) is 2.42. The van der Waals surface area contributed by atoms with E-state index >= 15 is 0 Å². The van der Waals surface area contributed by atoms with Gasteiger partial charge in [-0.2, -0.15) is 26.3 Å². The van der Waals surface area contributed by atoms with Crippen LogP contribution in [0, 0.1) is 0 Å². The van der Waals surface area contributed by atoms with Crippen LogP contribution in [0.15, 0.2) is 41.0 Å². The van der Waals surface area contributed by atoms with Gasteiger partial charge in [0.25, 0.3) is 0 Å². The first-order chi connectivity index (χ1) is 14.4. The molecule has 1 fully saturated rings. The molecular formula is C19H17BrF6N4O. The van der Waals surface area contributed by atoms with Gasteiger partial charge >= 0.3 is 18.4 Å². The van der Waals surface area contributed by atoms with Crippen molar-refractivity contribution in [3.63, 3.8) is 0 Å². The lowest BCUT2D eigenvalue weighted by atomic mass is 10.1. The number of urea groups is 1. The van der Waals surface area contributed by atoms with Crippen molar-refractivity contribution >= 4 is 33.5 Å². The number of carbonyl (C=O) groups is 1. The Balaban J connectivity index is 1.72. The third kappa shape index (κ3) is 5.23. The van der Waals surface area contributed by atoms with E-state index in [-0.39, 0.29) is 35.6 Å². The number of pyridine rings is 1. The van der Waals surface area contributed by atoms with E-state index in [0.29, 0.717) is 0 Å². The molecule has 0 bridgehead atoms. The van der Waals surface area contributed by atoms with Gasteiger partial charge in [-0.25, -0.2) is 9.78 Å². The van der Waals surface area contributed by atoms with Crippen LogP contribution < -0.4 is 10.2 Å². The molecule has 1 aliphatic rings. The van der Waals surface area contributed by atoms with Crippen LogP contribution in [-0.4, -0.2) is 41.6 Å². The zero-order valence-electron chi connectivity index (χ0n) is 16.1. The first-order valence-corrected chi connectivity index (χ1v) is 9.88. The normalized spacial score (nSPS) is 17.6. The number of halogens is 7. The molecule has 0 radical (unpaired) electrons. The summed E-state index contributed by atoms with van der Waals surface area (Å²) in [6.45, 7) is 1.89. The molecule has 1 aromatic carbocycles. The van der Waals surface area contributed by atoms with Gasteiger partial charge in [-0.3, -0.25) is 0 Å². The smallest absolute Gasteiger partial charge is 0.352 e. The number of piperazine rings is 1. The van der Waals surface area contributed by atoms with E-state index in [1.807, 2.05) is 0 Å². The summed E-state index contributed by atoms with van der Waals surface area (Å²) in [6, 6.07) is 4.31. The van der Waals surface area contributed by atoms with Crippen LogP contribution in [0.4, 0.5) is 42.6 Å². The highest BCUT2D eigenvalue weighted by atomic mass is 79.9. The molecular weight excluding hydrogens is 494 g/mol. The first kappa shape index (κ1) is 23.2. The molecule has 12 heteroatoms. The molecule has 1 N–H and O–H groups in total. The summed E-state index contributed by atoms with van der Waals surface area (Å²) in [7, 11) is 0. The lowest BCUT2D eigenvalue weighted by molar-refractivity contribution is -0.138. The monoisotopic (exact) mass is 510 g/mol. The van der Waals surface area contributed by atoms with Crippen LogP contribution in [0.25, 0.3) is 0 Å². The molecule has 1 atom stereocenters. The highest BCUT2D eigenvalue weighted by molar-refractivity contribution is 9.10. The van der Waals surface area contributed by atoms with Crippen LogP contribution in [0.5, 0.6) is 0 Å². The summed E-state index contributed by atoms with van der Waals surface area (Å²) in [4.78, 5) is 19.3. The summed E-state index contributed by atoms with van der Waals surface area (Å²) in [5.74, 6) is -0.218. The van der Waals surface area contributed by atoms with Crippen molar-refractivity contribution in [3.8, 4) is 0 Å². The average molecular weight is 511 g/mol. The molecule has 2 heterocycles. The second-order valence-electron chi connectivity index (χ2n) is 6.98. The predicted octanol–water partition coefficient (Wildman–Crippen LogP) is 5.62. The van der Waals surface area contributed by atoms with Gasteiger partial charge in [0.2, 0.25) is 0 Å². The summed E-state index contributed by atoms with van der Waals surface area (Å²) < 4.78 is 78.8. The van der Waals surface area contributed by atoms with Crippen molar-refractivity contribution in [1.29, 1.82) is 0 Å². The van der Waals surface area contributed by atoms with Crippen LogP contribution in [0.2, 0.25) is 0 Å². The topological polar surface area (TPSA) is 48.5 Å². The van der Waals surface area contributed by atoms with E-state index in [2.05, 4.69) is 26.2 Å². The van der Waals surface area contributed by atoms with Gasteiger partial charge in [-0.15, -0.1) is 0 Å². The predicted molar refractivity (Wildman–Crippen MR) is 106 cm³/mol. The molecule has 0 spiro atoms. The Hall–Kier alpha value is -2.50. The Morgan fingerprint density at radius 2 is 1.77 bits per heavy atom. The number of benzene rings is 1. The van der Waals surface area contributed by atoms with Gasteiger partial charge in [-0.1, -0.05) is 15.9 Å². The first-order valence-electron chi connectivity index (χ1n) is 9.09. The van der Waals surface area contributed by atoms with E-state index in [1.54, 1.807) is 6.92 Å². The Labute approximate surface area is 182 Å². The quantitative estimate of drug-likeness (QED) is 0.533. The number of nitrogens with one attached hydrogen (secondary N) is 1. The van der Waals surface area contributed by atoms with E-state index in [1.165, 1.54) is 34.2 Å². The van der Waals surface area contributed by atoms with Crippen LogP contribution in [-0.2, 0) is 12.4 Å². The standard InChI is InChI=1S/C19H17BrF6N4O/c1-11-10-29(16-13(18(21,22)23)3-2-6-27-16)7-8-30(11)17(31)28-12-4-5-15(20)14(9-12)19(24,25)26/h2-6,9,11H,7-8,10H2,1H3,(H,28,31). The van der Waals surface area contributed by atoms with Gasteiger partial charge in [0.1, 0.15) is 5.82 Å². The zero-order chi connectivity index (χ0) is 23.0. The second kappa shape index (κ2) is 8.56. The number of hydrogen-bond donors (Lipinski definition) is 1. The molecule has 2 amide bonds. The number of anilines is 2. The molecule has 1 unspecified atom stereocenters. The van der Waals surface area contributed by atoms with Gasteiger partial charge < -0.3 is 15.1 Å². The molecule has 1 saturated heterocycles. The maximum Gasteiger partial charge on any atom is 0.419 e. The Bertz CT molecular complexity index is 965. The Kier molecular flexibility index (Phi) is 6.40. The Morgan fingerprint density at radius 1 is 1.10 bits per heavy atom. The van der Waals surface area contributed by atoms with Crippen molar-refractivity contribution < 1.29 is 31.1 Å². The zero-order valence-corrected chi connectivity index (χ0v) is 17.6. The highest BCUT2D eigenvalue weighted by Gasteiger charge is 2.38. The summed E-state index contributed by atoms with van der Waals surface area (Å²) >= 11 is 2.83. The number of alkyl halides is 6. The number of aromatic nitrogens is 1. The Morgan fingerprint density at radius 3 is 2.39 bits per heavy atom. The number of carbonyl (C=O) groups excluding carboxylic acids is 1. The number of rotatable bonds is 2. The van der Waals surface area contributed by atoms with Crippen molar-refractivity contribution in [1.82, 2.24) is 9.88 Å². The van der Waals surface area contributed by atoms with Crippen LogP contribution in [0.3, 0.4) is 0 Å². The number of hydrogen-bond acceptors (Lipinski definition) is 3. The maximum atomic E-state index is 13.3. The molecule has 3 rings (SSSR count). The average Bonchev–Trinajstić information content (AvgIpc) is 2.67. The van der Waals surface area contributed by atoms with Gasteiger partial charge in [0.05, 0.1) is 11.1 Å². The molecule has 168 valence electrons. The molecule has 1 aliphatic heterocycles. The minimum atomic E-state index is -4.60. The van der Waals surface area contributed by atoms with Gasteiger partial charge in [-0.05, 0) is 37.3 Å². The molecule has 2 aromatic rings. The third-order valence-electron chi connectivity index (χ3n) is 4.80. The molecule has 31 heavy (non-hydrogen) atoms. The summed E-state index contributed by atoms with van der Waals surface area (Å²) in [5.41, 5.74) is -1.84. The minimum Gasteiger partial charge on any atom is -0.352 e. The fourth-order valence-corrected chi connectivity index (χ4v) is 3.81. The van der Waals surface area contributed by atoms with E-state index in [4.69, 9.17) is 0 Å². The van der Waals surface area contributed by atoms with E-state index in [9.17, 15) is 31.1 Å². The lowest BCUT2D eigenvalue weighted by Gasteiger charge is -2.40. The molecule has 5 nitrogen and oxygen atoms in total. The van der Waals surface area contributed by atoms with Crippen molar-refractivity contribution in [3.05, 3.63) is 52.1 Å². The van der Waals surface area contributed by atoms with Gasteiger partial charge in [0, 0.05) is 42.0 Å². The maximum absolute atomic E-state index is 13.3. The lowest BCUT2D eigenvalue weighted by Crippen LogP contribution is -2.55. The number of nitrogens with zero attached hydrogens (tertiary/aromatic N) is 3. The molecule has 1 aromatic heterocycles. The van der Waals surface area contributed by atoms with Gasteiger partial charge in [0.15, 0.2) is 0 Å². The number of amides is 2. The summed E-state index contributed by atoms with van der Waals surface area (Å²) in [6.07, 6.45) is -7.91. The fraction of sp³-hybridized carbons (Fsp3) is 0.368. The molecule has 0 saturated carbocycles. The third-order valence-corrected chi connectivity index (χ3v) is 5.49. The SMILES string of the molecule is CC1CN(c2ncccc2C(F)(F)F)CCN1C(=O)Nc1ccc(Br)c(C(F)(F)F)c1. The van der Waals surface area contributed by atoms with Crippen molar-refractivity contribution in [2.75, 3.05) is 29.9 Å². The van der Waals surface area contributed by atoms with Crippen LogP contribution in [0.1, 0.15) is 18.1 Å².